The molecular weight excluding hydrogens is 550 g/mol. The number of hydrogen-bond acceptors (Lipinski definition) is 5. The molecule has 3 rings (SSSR count). The molecule has 184 valence electrons. The number of anilines is 1. The molecule has 0 bridgehead atoms. The summed E-state index contributed by atoms with van der Waals surface area (Å²) in [6.07, 6.45) is 1.48. The number of thiocarbonyl (C=S) groups is 1. The summed E-state index contributed by atoms with van der Waals surface area (Å²) in [5, 5.41) is 5.59. The van der Waals surface area contributed by atoms with Gasteiger partial charge < -0.3 is 10.1 Å². The maximum Gasteiger partial charge on any atom is 0.257 e. The van der Waals surface area contributed by atoms with Gasteiger partial charge in [-0.1, -0.05) is 37.3 Å². The molecular formula is C25H26BrN3O4S2. The van der Waals surface area contributed by atoms with Crippen LogP contribution >= 0.6 is 28.1 Å². The Balaban J connectivity index is 1.52. The van der Waals surface area contributed by atoms with Gasteiger partial charge in [0.2, 0.25) is 10.0 Å². The Morgan fingerprint density at radius 1 is 1.03 bits per heavy atom. The van der Waals surface area contributed by atoms with Crippen LogP contribution in [-0.4, -0.2) is 32.6 Å². The van der Waals surface area contributed by atoms with E-state index < -0.39 is 10.0 Å². The molecule has 3 aromatic carbocycles. The first-order valence-corrected chi connectivity index (χ1v) is 13.7. The maximum absolute atomic E-state index is 12.6. The summed E-state index contributed by atoms with van der Waals surface area (Å²) in [6, 6.07) is 21.2. The Hall–Kier alpha value is -2.79. The number of halogens is 1. The molecule has 7 nitrogen and oxygen atoms in total. The molecule has 0 saturated carbocycles. The minimum absolute atomic E-state index is 0.0917. The van der Waals surface area contributed by atoms with Crippen LogP contribution in [0.1, 0.15) is 29.3 Å². The molecule has 0 heterocycles. The van der Waals surface area contributed by atoms with Crippen molar-refractivity contribution in [2.24, 2.45) is 0 Å². The fraction of sp³-hybridized carbons (Fsp3) is 0.200. The van der Waals surface area contributed by atoms with Crippen molar-refractivity contribution in [3.63, 3.8) is 0 Å². The maximum atomic E-state index is 12.6. The van der Waals surface area contributed by atoms with Gasteiger partial charge in [-0.15, -0.1) is 0 Å². The third-order valence-corrected chi connectivity index (χ3v) is 7.18. The monoisotopic (exact) mass is 575 g/mol. The summed E-state index contributed by atoms with van der Waals surface area (Å²) in [4.78, 5) is 12.8. The number of sulfonamides is 1. The first-order chi connectivity index (χ1) is 16.8. The van der Waals surface area contributed by atoms with Gasteiger partial charge in [0, 0.05) is 24.2 Å². The van der Waals surface area contributed by atoms with Gasteiger partial charge >= 0.3 is 0 Å². The van der Waals surface area contributed by atoms with Crippen LogP contribution in [0.15, 0.2) is 82.2 Å². The van der Waals surface area contributed by atoms with E-state index >= 15 is 0 Å². The molecule has 1 amide bonds. The second-order valence-corrected chi connectivity index (χ2v) is 10.6. The summed E-state index contributed by atoms with van der Waals surface area (Å²) in [6.45, 7) is 2.77. The van der Waals surface area contributed by atoms with E-state index in [2.05, 4.69) is 31.3 Å². The standard InChI is InChI=1S/C25H26BrN3O4S2/c1-2-15-27-35(31,32)21-11-9-20(10-12-21)28-25(34)29-24(30)19-8-13-23(22(26)17-19)33-16-14-18-6-4-3-5-7-18/h3-13,17,27H,2,14-16H2,1H3,(H2,28,29,30,34). The normalized spacial score (nSPS) is 11.0. The molecule has 0 aromatic heterocycles. The summed E-state index contributed by atoms with van der Waals surface area (Å²) in [5.74, 6) is 0.253. The topological polar surface area (TPSA) is 96.5 Å². The number of carbonyl (C=O) groups is 1. The average Bonchev–Trinajstić information content (AvgIpc) is 2.84. The molecule has 10 heteroatoms. The summed E-state index contributed by atoms with van der Waals surface area (Å²) >= 11 is 8.68. The number of benzene rings is 3. The Morgan fingerprint density at radius 3 is 2.40 bits per heavy atom. The van der Waals surface area contributed by atoms with Crippen LogP contribution in [0.5, 0.6) is 5.75 Å². The quantitative estimate of drug-likeness (QED) is 0.298. The molecule has 0 aliphatic carbocycles. The highest BCUT2D eigenvalue weighted by atomic mass is 79.9. The predicted octanol–water partition coefficient (Wildman–Crippen LogP) is 4.89. The molecule has 3 N–H and O–H groups in total. The zero-order chi connectivity index (χ0) is 25.3. The fourth-order valence-electron chi connectivity index (χ4n) is 3.06. The number of amides is 1. The van der Waals surface area contributed by atoms with E-state index in [0.29, 0.717) is 41.0 Å². The van der Waals surface area contributed by atoms with E-state index in [-0.39, 0.29) is 15.9 Å². The molecule has 3 aromatic rings. The van der Waals surface area contributed by atoms with Crippen LogP contribution in [0, 0.1) is 0 Å². The van der Waals surface area contributed by atoms with E-state index in [1.54, 1.807) is 30.3 Å². The lowest BCUT2D eigenvalue weighted by Gasteiger charge is -2.12. The second-order valence-electron chi connectivity index (χ2n) is 7.56. The lowest BCUT2D eigenvalue weighted by atomic mass is 10.2. The first kappa shape index (κ1) is 26.8. The van der Waals surface area contributed by atoms with Crippen LogP contribution in [-0.2, 0) is 16.4 Å². The van der Waals surface area contributed by atoms with Crippen molar-refractivity contribution >= 4 is 54.9 Å². The van der Waals surface area contributed by atoms with Crippen LogP contribution < -0.4 is 20.1 Å². The molecule has 0 fully saturated rings. The van der Waals surface area contributed by atoms with Gasteiger partial charge in [0.25, 0.3) is 5.91 Å². The Morgan fingerprint density at radius 2 is 1.74 bits per heavy atom. The predicted molar refractivity (Wildman–Crippen MR) is 145 cm³/mol. The summed E-state index contributed by atoms with van der Waals surface area (Å²) in [7, 11) is -3.55. The number of carbonyl (C=O) groups excluding carboxylic acids is 1. The van der Waals surface area contributed by atoms with Crippen molar-refractivity contribution in [3.05, 3.63) is 88.4 Å². The van der Waals surface area contributed by atoms with Crippen LogP contribution in [0.4, 0.5) is 5.69 Å². The SMILES string of the molecule is CCCNS(=O)(=O)c1ccc(NC(=S)NC(=O)c2ccc(OCCc3ccccc3)c(Br)c2)cc1. The minimum atomic E-state index is -3.55. The second kappa shape index (κ2) is 12.8. The van der Waals surface area contributed by atoms with E-state index in [4.69, 9.17) is 17.0 Å². The molecule has 0 saturated heterocycles. The molecule has 0 atom stereocenters. The Labute approximate surface area is 219 Å². The zero-order valence-electron chi connectivity index (χ0n) is 19.1. The van der Waals surface area contributed by atoms with E-state index in [0.717, 1.165) is 6.42 Å². The van der Waals surface area contributed by atoms with Crippen molar-refractivity contribution in [2.45, 2.75) is 24.7 Å². The van der Waals surface area contributed by atoms with Crippen LogP contribution in [0.3, 0.4) is 0 Å². The van der Waals surface area contributed by atoms with E-state index in [1.165, 1.54) is 17.7 Å². The molecule has 0 radical (unpaired) electrons. The lowest BCUT2D eigenvalue weighted by Crippen LogP contribution is -2.34. The minimum Gasteiger partial charge on any atom is -0.492 e. The number of hydrogen-bond donors (Lipinski definition) is 3. The van der Waals surface area contributed by atoms with Crippen molar-refractivity contribution in [1.29, 1.82) is 0 Å². The van der Waals surface area contributed by atoms with Crippen LogP contribution in [0.2, 0.25) is 0 Å². The highest BCUT2D eigenvalue weighted by Gasteiger charge is 2.14. The molecule has 0 spiro atoms. The van der Waals surface area contributed by atoms with Gasteiger partial charge in [0.05, 0.1) is 16.0 Å². The van der Waals surface area contributed by atoms with Crippen molar-refractivity contribution in [1.82, 2.24) is 10.0 Å². The van der Waals surface area contributed by atoms with Gasteiger partial charge in [-0.3, -0.25) is 10.1 Å². The average molecular weight is 577 g/mol. The van der Waals surface area contributed by atoms with Crippen molar-refractivity contribution in [2.75, 3.05) is 18.5 Å². The third-order valence-electron chi connectivity index (χ3n) is 4.88. The van der Waals surface area contributed by atoms with Crippen LogP contribution in [0.25, 0.3) is 0 Å². The fourth-order valence-corrected chi connectivity index (χ4v) is 4.90. The number of rotatable bonds is 10. The van der Waals surface area contributed by atoms with E-state index in [1.807, 2.05) is 37.3 Å². The molecule has 35 heavy (non-hydrogen) atoms. The molecule has 0 unspecified atom stereocenters. The third kappa shape index (κ3) is 8.14. The number of nitrogens with one attached hydrogen (secondary N) is 3. The Bertz CT molecular complexity index is 1270. The lowest BCUT2D eigenvalue weighted by molar-refractivity contribution is 0.0977. The van der Waals surface area contributed by atoms with Crippen molar-refractivity contribution < 1.29 is 17.9 Å². The number of ether oxygens (including phenoxy) is 1. The highest BCUT2D eigenvalue weighted by molar-refractivity contribution is 9.10. The smallest absolute Gasteiger partial charge is 0.257 e. The largest absolute Gasteiger partial charge is 0.492 e. The van der Waals surface area contributed by atoms with Gasteiger partial charge in [0.15, 0.2) is 5.11 Å². The van der Waals surface area contributed by atoms with Gasteiger partial charge in [-0.05, 0) is 82.6 Å². The summed E-state index contributed by atoms with van der Waals surface area (Å²) < 4.78 is 33.3. The van der Waals surface area contributed by atoms with Gasteiger partial charge in [0.1, 0.15) is 5.75 Å². The first-order valence-electron chi connectivity index (χ1n) is 11.0. The van der Waals surface area contributed by atoms with Gasteiger partial charge in [-0.2, -0.15) is 0 Å². The van der Waals surface area contributed by atoms with E-state index in [9.17, 15) is 13.2 Å². The molecule has 0 aliphatic heterocycles. The Kier molecular flexibility index (Phi) is 9.79. The van der Waals surface area contributed by atoms with Crippen molar-refractivity contribution in [3.8, 4) is 5.75 Å². The van der Waals surface area contributed by atoms with Gasteiger partial charge in [-0.25, -0.2) is 13.1 Å². The molecule has 0 aliphatic rings. The zero-order valence-corrected chi connectivity index (χ0v) is 22.3. The highest BCUT2D eigenvalue weighted by Crippen LogP contribution is 2.26. The summed E-state index contributed by atoms with van der Waals surface area (Å²) in [5.41, 5.74) is 2.14.